The number of benzene rings is 2. The first kappa shape index (κ1) is 17.4. The predicted molar refractivity (Wildman–Crippen MR) is 100 cm³/mol. The van der Waals surface area contributed by atoms with E-state index < -0.39 is 12.1 Å². The van der Waals surface area contributed by atoms with Gasteiger partial charge >= 0.3 is 6.09 Å². The van der Waals surface area contributed by atoms with Crippen LogP contribution in [0.2, 0.25) is 0 Å². The van der Waals surface area contributed by atoms with Gasteiger partial charge < -0.3 is 4.74 Å². The number of fused-ring (bicyclic) bond motifs is 1. The van der Waals surface area contributed by atoms with Crippen molar-refractivity contribution in [2.24, 2.45) is 0 Å². The first-order valence-electron chi connectivity index (χ1n) is 8.11. The molecule has 1 amide bonds. The van der Waals surface area contributed by atoms with Crippen LogP contribution < -0.4 is 0 Å². The molecule has 3 rings (SSSR count). The third-order valence-electron chi connectivity index (χ3n) is 4.12. The zero-order chi connectivity index (χ0) is 17.8. The molecule has 2 aromatic carbocycles. The van der Waals surface area contributed by atoms with Crippen molar-refractivity contribution < 1.29 is 14.3 Å². The molecule has 1 atom stereocenters. The molecule has 0 aromatic heterocycles. The van der Waals surface area contributed by atoms with Crippen molar-refractivity contribution in [1.29, 1.82) is 0 Å². The smallest absolute Gasteiger partial charge is 0.414 e. The molecule has 0 saturated heterocycles. The standard InChI is InChI=1S/C20H18BrNO3/c1-2-25-20(24)22-13-17(21)15-10-6-7-11-16(15)18(22)12-19(23)14-8-4-3-5-9-14/h3-11,13,18H,2,12H2,1H3. The Morgan fingerprint density at radius 2 is 1.76 bits per heavy atom. The molecule has 1 heterocycles. The van der Waals surface area contributed by atoms with E-state index in [1.807, 2.05) is 42.5 Å². The number of amides is 1. The summed E-state index contributed by atoms with van der Waals surface area (Å²) in [4.78, 5) is 26.6. The van der Waals surface area contributed by atoms with Crippen molar-refractivity contribution in [3.8, 4) is 0 Å². The van der Waals surface area contributed by atoms with Crippen LogP contribution in [0.25, 0.3) is 4.48 Å². The number of hydrogen-bond donors (Lipinski definition) is 0. The molecule has 4 nitrogen and oxygen atoms in total. The highest BCUT2D eigenvalue weighted by molar-refractivity contribution is 9.15. The molecule has 0 N–H and O–H groups in total. The number of hydrogen-bond acceptors (Lipinski definition) is 3. The van der Waals surface area contributed by atoms with Crippen LogP contribution in [0.4, 0.5) is 4.79 Å². The molecule has 0 radical (unpaired) electrons. The van der Waals surface area contributed by atoms with Gasteiger partial charge in [0.05, 0.1) is 12.6 Å². The maximum Gasteiger partial charge on any atom is 0.414 e. The second-order valence-electron chi connectivity index (χ2n) is 5.68. The molecule has 1 aliphatic rings. The predicted octanol–water partition coefficient (Wildman–Crippen LogP) is 5.17. The number of ketones is 1. The summed E-state index contributed by atoms with van der Waals surface area (Å²) in [5.74, 6) is -0.0128. The zero-order valence-corrected chi connectivity index (χ0v) is 15.4. The highest BCUT2D eigenvalue weighted by atomic mass is 79.9. The first-order valence-corrected chi connectivity index (χ1v) is 8.91. The van der Waals surface area contributed by atoms with Gasteiger partial charge in [0, 0.05) is 22.7 Å². The topological polar surface area (TPSA) is 46.6 Å². The second-order valence-corrected chi connectivity index (χ2v) is 6.53. The average Bonchev–Trinajstić information content (AvgIpc) is 2.64. The summed E-state index contributed by atoms with van der Waals surface area (Å²) in [5.41, 5.74) is 2.54. The fourth-order valence-electron chi connectivity index (χ4n) is 2.94. The Labute approximate surface area is 155 Å². The molecule has 1 unspecified atom stereocenters. The Kier molecular flexibility index (Phi) is 5.34. The molecule has 0 fully saturated rings. The summed E-state index contributed by atoms with van der Waals surface area (Å²) in [5, 5.41) is 0. The Bertz CT molecular complexity index is 817. The Morgan fingerprint density at radius 3 is 2.48 bits per heavy atom. The van der Waals surface area contributed by atoms with Crippen LogP contribution in [0.3, 0.4) is 0 Å². The molecule has 2 aromatic rings. The van der Waals surface area contributed by atoms with Crippen LogP contribution in [-0.2, 0) is 4.74 Å². The van der Waals surface area contributed by atoms with Gasteiger partial charge in [-0.1, -0.05) is 54.6 Å². The largest absolute Gasteiger partial charge is 0.449 e. The van der Waals surface area contributed by atoms with Gasteiger partial charge in [-0.3, -0.25) is 9.69 Å². The van der Waals surface area contributed by atoms with E-state index in [2.05, 4.69) is 15.9 Å². The third-order valence-corrected chi connectivity index (χ3v) is 4.75. The van der Waals surface area contributed by atoms with Gasteiger partial charge in [-0.15, -0.1) is 0 Å². The minimum absolute atomic E-state index is 0.0128. The number of nitrogens with zero attached hydrogens (tertiary/aromatic N) is 1. The molecule has 128 valence electrons. The average molecular weight is 400 g/mol. The summed E-state index contributed by atoms with van der Waals surface area (Å²) in [6.07, 6.45) is 1.43. The SMILES string of the molecule is CCOC(=O)N1C=C(Br)c2ccccc2C1CC(=O)c1ccccc1. The number of carbonyl (C=O) groups is 2. The van der Waals surface area contributed by atoms with Gasteiger partial charge in [0.25, 0.3) is 0 Å². The molecule has 0 spiro atoms. The fraction of sp³-hybridized carbons (Fsp3) is 0.200. The first-order chi connectivity index (χ1) is 12.1. The lowest BCUT2D eigenvalue weighted by molar-refractivity contribution is 0.0894. The molecular weight excluding hydrogens is 382 g/mol. The normalized spacial score (nSPS) is 16.0. The minimum atomic E-state index is -0.459. The van der Waals surface area contributed by atoms with Crippen molar-refractivity contribution in [3.63, 3.8) is 0 Å². The van der Waals surface area contributed by atoms with Crippen molar-refractivity contribution in [3.05, 3.63) is 77.5 Å². The van der Waals surface area contributed by atoms with E-state index in [0.29, 0.717) is 5.56 Å². The number of Topliss-reactive ketones (excluding diaryl/α,β-unsaturated/α-hetero) is 1. The van der Waals surface area contributed by atoms with Crippen LogP contribution in [0, 0.1) is 0 Å². The van der Waals surface area contributed by atoms with Crippen molar-refractivity contribution in [2.75, 3.05) is 6.61 Å². The summed E-state index contributed by atoms with van der Waals surface area (Å²) in [6, 6.07) is 16.5. The molecule has 25 heavy (non-hydrogen) atoms. The molecule has 0 saturated carbocycles. The van der Waals surface area contributed by atoms with Crippen molar-refractivity contribution >= 4 is 32.3 Å². The highest BCUT2D eigenvalue weighted by Crippen LogP contribution is 2.40. The number of halogens is 1. The zero-order valence-electron chi connectivity index (χ0n) is 13.8. The number of carbonyl (C=O) groups excluding carboxylic acids is 2. The molecule has 0 aliphatic carbocycles. The van der Waals surface area contributed by atoms with Gasteiger partial charge in [-0.2, -0.15) is 0 Å². The van der Waals surface area contributed by atoms with E-state index in [9.17, 15) is 9.59 Å². The molecule has 0 bridgehead atoms. The highest BCUT2D eigenvalue weighted by Gasteiger charge is 2.33. The summed E-state index contributed by atoms with van der Waals surface area (Å²) in [7, 11) is 0. The summed E-state index contributed by atoms with van der Waals surface area (Å²) >= 11 is 3.51. The quantitative estimate of drug-likeness (QED) is 0.666. The van der Waals surface area contributed by atoms with Gasteiger partial charge in [-0.25, -0.2) is 4.79 Å². The molecule has 1 aliphatic heterocycles. The van der Waals surface area contributed by atoms with Crippen LogP contribution >= 0.6 is 15.9 Å². The Hall–Kier alpha value is -2.40. The fourth-order valence-corrected chi connectivity index (χ4v) is 3.52. The van der Waals surface area contributed by atoms with Crippen LogP contribution in [0.1, 0.15) is 40.9 Å². The maximum atomic E-state index is 12.7. The summed E-state index contributed by atoms with van der Waals surface area (Å²) < 4.78 is 5.96. The Morgan fingerprint density at radius 1 is 1.08 bits per heavy atom. The lowest BCUT2D eigenvalue weighted by Crippen LogP contribution is -2.35. The number of rotatable bonds is 4. The van der Waals surface area contributed by atoms with E-state index in [1.165, 1.54) is 4.90 Å². The van der Waals surface area contributed by atoms with E-state index >= 15 is 0 Å². The van der Waals surface area contributed by atoms with Crippen molar-refractivity contribution in [1.82, 2.24) is 4.90 Å². The monoisotopic (exact) mass is 399 g/mol. The van der Waals surface area contributed by atoms with Gasteiger partial charge in [-0.05, 0) is 34.0 Å². The second kappa shape index (κ2) is 7.66. The van der Waals surface area contributed by atoms with E-state index in [1.54, 1.807) is 25.3 Å². The van der Waals surface area contributed by atoms with Crippen molar-refractivity contribution in [2.45, 2.75) is 19.4 Å². The maximum absolute atomic E-state index is 12.7. The van der Waals surface area contributed by atoms with E-state index in [-0.39, 0.29) is 18.8 Å². The van der Waals surface area contributed by atoms with E-state index in [0.717, 1.165) is 15.6 Å². The lowest BCUT2D eigenvalue weighted by atomic mass is 9.91. The molecular formula is C20H18BrNO3. The van der Waals surface area contributed by atoms with Gasteiger partial charge in [0.15, 0.2) is 5.78 Å². The molecule has 5 heteroatoms. The van der Waals surface area contributed by atoms with Crippen LogP contribution in [0.5, 0.6) is 0 Å². The van der Waals surface area contributed by atoms with Gasteiger partial charge in [0.2, 0.25) is 0 Å². The number of ether oxygens (including phenoxy) is 1. The lowest BCUT2D eigenvalue weighted by Gasteiger charge is -2.33. The van der Waals surface area contributed by atoms with Crippen LogP contribution in [-0.4, -0.2) is 23.4 Å². The Balaban J connectivity index is 1.97. The van der Waals surface area contributed by atoms with Crippen LogP contribution in [0.15, 0.2) is 60.8 Å². The minimum Gasteiger partial charge on any atom is -0.449 e. The summed E-state index contributed by atoms with van der Waals surface area (Å²) in [6.45, 7) is 2.04. The third kappa shape index (κ3) is 3.66. The van der Waals surface area contributed by atoms with Gasteiger partial charge in [0.1, 0.15) is 0 Å². The van der Waals surface area contributed by atoms with E-state index in [4.69, 9.17) is 4.74 Å².